The number of nitrogens with zero attached hydrogens (tertiary/aromatic N) is 3. The topological polar surface area (TPSA) is 99.1 Å². The average molecular weight is 265 g/mol. The maximum atomic E-state index is 9.22. The monoisotopic (exact) mass is 265 g/mol. The third kappa shape index (κ3) is 3.89. The second-order valence-corrected chi connectivity index (χ2v) is 4.50. The molecule has 1 aromatic rings. The lowest BCUT2D eigenvalue weighted by Crippen LogP contribution is -2.38. The highest BCUT2D eigenvalue weighted by atomic mass is 16.3. The minimum Gasteiger partial charge on any atom is -0.395 e. The summed E-state index contributed by atoms with van der Waals surface area (Å²) < 4.78 is 0. The average Bonchev–Trinajstić information content (AvgIpc) is 2.38. The summed E-state index contributed by atoms with van der Waals surface area (Å²) in [5.74, 6) is 0.466. The predicted octanol–water partition coefficient (Wildman–Crippen LogP) is 1.06. The number of hydrogen-bond acceptors (Lipinski definition) is 5. The van der Waals surface area contributed by atoms with E-state index in [0.717, 1.165) is 18.5 Å². The van der Waals surface area contributed by atoms with Crippen LogP contribution >= 0.6 is 0 Å². The molecule has 0 radical (unpaired) electrons. The summed E-state index contributed by atoms with van der Waals surface area (Å²) in [4.78, 5) is 10.7. The maximum absolute atomic E-state index is 9.22. The molecule has 1 aromatic heterocycles. The molecule has 1 rings (SSSR count). The third-order valence-corrected chi connectivity index (χ3v) is 3.10. The molecular weight excluding hydrogens is 242 g/mol. The van der Waals surface area contributed by atoms with E-state index in [0.29, 0.717) is 18.2 Å². The molecule has 0 aliphatic carbocycles. The van der Waals surface area contributed by atoms with Crippen molar-refractivity contribution < 1.29 is 5.11 Å². The summed E-state index contributed by atoms with van der Waals surface area (Å²) in [6, 6.07) is 1.96. The van der Waals surface area contributed by atoms with Gasteiger partial charge >= 0.3 is 0 Å². The highest BCUT2D eigenvalue weighted by Gasteiger charge is 2.19. The molecule has 0 aliphatic heterocycles. The third-order valence-electron chi connectivity index (χ3n) is 3.10. The first-order chi connectivity index (χ1) is 9.03. The Morgan fingerprint density at radius 1 is 1.42 bits per heavy atom. The Bertz CT molecular complexity index is 431. The van der Waals surface area contributed by atoms with E-state index in [2.05, 4.69) is 23.8 Å². The van der Waals surface area contributed by atoms with E-state index in [9.17, 15) is 5.11 Å². The number of nitrogens with two attached hydrogens (primary N) is 1. The predicted molar refractivity (Wildman–Crippen MR) is 76.6 cm³/mol. The number of hydrogen-bond donors (Lipinski definition) is 3. The van der Waals surface area contributed by atoms with E-state index < -0.39 is 0 Å². The first kappa shape index (κ1) is 15.4. The van der Waals surface area contributed by atoms with Crippen LogP contribution in [0.15, 0.2) is 6.07 Å². The number of aryl methyl sites for hydroxylation is 1. The molecule has 0 unspecified atom stereocenters. The number of nitrogen functional groups attached to an aromatic ring is 1. The standard InChI is InChI=1S/C13H23N5O/c1-4-10(5-2)18(6-7-19)13-16-9(3)8-11(17-13)12(14)15/h8,10,19H,4-7H2,1-3H3,(H3,14,15). The molecule has 106 valence electrons. The summed E-state index contributed by atoms with van der Waals surface area (Å²) in [6.45, 7) is 6.57. The van der Waals surface area contributed by atoms with Crippen molar-refractivity contribution in [2.75, 3.05) is 18.1 Å². The Balaban J connectivity index is 3.17. The number of anilines is 1. The van der Waals surface area contributed by atoms with Crippen LogP contribution in [0.4, 0.5) is 5.95 Å². The van der Waals surface area contributed by atoms with Crippen LogP contribution in [0.3, 0.4) is 0 Å². The normalized spacial score (nSPS) is 10.8. The van der Waals surface area contributed by atoms with Crippen molar-refractivity contribution in [1.29, 1.82) is 5.41 Å². The first-order valence-electron chi connectivity index (χ1n) is 6.61. The van der Waals surface area contributed by atoms with Gasteiger partial charge in [-0.3, -0.25) is 5.41 Å². The van der Waals surface area contributed by atoms with Crippen molar-refractivity contribution in [1.82, 2.24) is 9.97 Å². The lowest BCUT2D eigenvalue weighted by molar-refractivity contribution is 0.295. The number of aromatic nitrogens is 2. The molecular formula is C13H23N5O. The van der Waals surface area contributed by atoms with Crippen LogP contribution < -0.4 is 10.6 Å². The number of nitrogens with one attached hydrogen (secondary N) is 1. The largest absolute Gasteiger partial charge is 0.395 e. The number of rotatable bonds is 7. The van der Waals surface area contributed by atoms with Gasteiger partial charge in [0.2, 0.25) is 5.95 Å². The van der Waals surface area contributed by atoms with Crippen LogP contribution in [-0.2, 0) is 0 Å². The second-order valence-electron chi connectivity index (χ2n) is 4.50. The minimum absolute atomic E-state index is 0.0448. The molecule has 0 bridgehead atoms. The molecule has 0 atom stereocenters. The van der Waals surface area contributed by atoms with Gasteiger partial charge in [0.1, 0.15) is 11.5 Å². The van der Waals surface area contributed by atoms with E-state index in [4.69, 9.17) is 11.1 Å². The lowest BCUT2D eigenvalue weighted by atomic mass is 10.1. The van der Waals surface area contributed by atoms with Crippen LogP contribution in [0, 0.1) is 12.3 Å². The van der Waals surface area contributed by atoms with E-state index in [1.165, 1.54) is 0 Å². The van der Waals surface area contributed by atoms with Gasteiger partial charge in [-0.05, 0) is 25.8 Å². The van der Waals surface area contributed by atoms with Gasteiger partial charge in [0.05, 0.1) is 6.61 Å². The summed E-state index contributed by atoms with van der Waals surface area (Å²) in [6.07, 6.45) is 1.90. The van der Waals surface area contributed by atoms with Crippen LogP contribution in [0.1, 0.15) is 38.1 Å². The smallest absolute Gasteiger partial charge is 0.226 e. The van der Waals surface area contributed by atoms with Crippen molar-refractivity contribution in [3.8, 4) is 0 Å². The Hall–Kier alpha value is -1.69. The highest BCUT2D eigenvalue weighted by molar-refractivity contribution is 5.93. The molecule has 0 saturated heterocycles. The van der Waals surface area contributed by atoms with Gasteiger partial charge in [-0.15, -0.1) is 0 Å². The van der Waals surface area contributed by atoms with Crippen molar-refractivity contribution in [2.45, 2.75) is 39.7 Å². The van der Waals surface area contributed by atoms with Crippen LogP contribution in [0.5, 0.6) is 0 Å². The fourth-order valence-corrected chi connectivity index (χ4v) is 2.10. The van der Waals surface area contributed by atoms with Crippen LogP contribution in [0.2, 0.25) is 0 Å². The SMILES string of the molecule is CCC(CC)N(CCO)c1nc(C)cc(C(=N)N)n1. The first-order valence-corrected chi connectivity index (χ1v) is 6.61. The molecule has 4 N–H and O–H groups in total. The highest BCUT2D eigenvalue weighted by Crippen LogP contribution is 2.17. The zero-order valence-electron chi connectivity index (χ0n) is 11.8. The summed E-state index contributed by atoms with van der Waals surface area (Å²) in [5, 5.41) is 16.7. The zero-order chi connectivity index (χ0) is 14.4. The van der Waals surface area contributed by atoms with Crippen molar-refractivity contribution in [2.24, 2.45) is 5.73 Å². The zero-order valence-corrected chi connectivity index (χ0v) is 11.8. The molecule has 6 nitrogen and oxygen atoms in total. The van der Waals surface area contributed by atoms with Crippen LogP contribution in [0.25, 0.3) is 0 Å². The Kier molecular flexibility index (Phi) is 5.69. The van der Waals surface area contributed by atoms with Gasteiger partial charge in [-0.1, -0.05) is 13.8 Å². The summed E-state index contributed by atoms with van der Waals surface area (Å²) in [5.41, 5.74) is 6.69. The Morgan fingerprint density at radius 2 is 2.05 bits per heavy atom. The molecule has 1 heterocycles. The Labute approximate surface area is 114 Å². The number of aliphatic hydroxyl groups excluding tert-OH is 1. The van der Waals surface area contributed by atoms with Gasteiger partial charge in [0.25, 0.3) is 0 Å². The van der Waals surface area contributed by atoms with E-state index in [-0.39, 0.29) is 18.5 Å². The van der Waals surface area contributed by atoms with Gasteiger partial charge in [-0.25, -0.2) is 9.97 Å². The number of amidine groups is 1. The van der Waals surface area contributed by atoms with Crippen LogP contribution in [-0.4, -0.2) is 40.1 Å². The van der Waals surface area contributed by atoms with Gasteiger partial charge in [0, 0.05) is 18.3 Å². The molecule has 19 heavy (non-hydrogen) atoms. The maximum Gasteiger partial charge on any atom is 0.226 e. The molecule has 0 aliphatic rings. The molecule has 0 saturated carbocycles. The summed E-state index contributed by atoms with van der Waals surface area (Å²) in [7, 11) is 0. The van der Waals surface area contributed by atoms with E-state index in [1.807, 2.05) is 11.8 Å². The molecule has 0 fully saturated rings. The van der Waals surface area contributed by atoms with E-state index >= 15 is 0 Å². The fraction of sp³-hybridized carbons (Fsp3) is 0.615. The van der Waals surface area contributed by atoms with Crippen molar-refractivity contribution >= 4 is 11.8 Å². The minimum atomic E-state index is -0.0692. The lowest BCUT2D eigenvalue weighted by Gasteiger charge is -2.30. The quantitative estimate of drug-likeness (QED) is 0.505. The van der Waals surface area contributed by atoms with Gasteiger partial charge < -0.3 is 15.7 Å². The van der Waals surface area contributed by atoms with Crippen molar-refractivity contribution in [3.05, 3.63) is 17.5 Å². The summed E-state index contributed by atoms with van der Waals surface area (Å²) >= 11 is 0. The molecule has 0 aromatic carbocycles. The molecule has 6 heteroatoms. The molecule has 0 amide bonds. The number of aliphatic hydroxyl groups is 1. The Morgan fingerprint density at radius 3 is 2.53 bits per heavy atom. The van der Waals surface area contributed by atoms with Crippen molar-refractivity contribution in [3.63, 3.8) is 0 Å². The van der Waals surface area contributed by atoms with E-state index in [1.54, 1.807) is 6.07 Å². The van der Waals surface area contributed by atoms with Gasteiger partial charge in [0.15, 0.2) is 0 Å². The second kappa shape index (κ2) is 7.04. The fourth-order valence-electron chi connectivity index (χ4n) is 2.10. The molecule has 0 spiro atoms. The van der Waals surface area contributed by atoms with Gasteiger partial charge in [-0.2, -0.15) is 0 Å².